The van der Waals surface area contributed by atoms with Gasteiger partial charge in [0.1, 0.15) is 5.75 Å². The van der Waals surface area contributed by atoms with Crippen LogP contribution < -0.4 is 19.7 Å². The summed E-state index contributed by atoms with van der Waals surface area (Å²) in [6, 6.07) is 13.8. The van der Waals surface area contributed by atoms with E-state index in [1.165, 1.54) is 49.7 Å². The summed E-state index contributed by atoms with van der Waals surface area (Å²) < 4.78 is 34.3. The molecular weight excluding hydrogens is 506 g/mol. The summed E-state index contributed by atoms with van der Waals surface area (Å²) in [6.07, 6.45) is 7.86. The van der Waals surface area contributed by atoms with Gasteiger partial charge in [0.05, 0.1) is 36.8 Å². The van der Waals surface area contributed by atoms with Gasteiger partial charge in [-0.3, -0.25) is 9.71 Å². The number of hydrogen-bond acceptors (Lipinski definition) is 5. The fraction of sp³-hybridized carbons (Fsp3) is 0.407. The van der Waals surface area contributed by atoms with Gasteiger partial charge in [0.25, 0.3) is 0 Å². The number of nitrogens with one attached hydrogen (secondary N) is 2. The lowest BCUT2D eigenvalue weighted by molar-refractivity contribution is 0.417. The predicted octanol–water partition coefficient (Wildman–Crippen LogP) is 5.17. The highest BCUT2D eigenvalue weighted by atomic mass is 32.2. The number of anilines is 2. The molecule has 0 spiro atoms. The quantitative estimate of drug-likeness (QED) is 0.400. The second kappa shape index (κ2) is 9.98. The van der Waals surface area contributed by atoms with Crippen molar-refractivity contribution in [3.8, 4) is 5.75 Å². The summed E-state index contributed by atoms with van der Waals surface area (Å²) in [4.78, 5) is 6.77. The van der Waals surface area contributed by atoms with E-state index >= 15 is 0 Å². The Kier molecular flexibility index (Phi) is 6.89. The van der Waals surface area contributed by atoms with E-state index in [1.54, 1.807) is 12.3 Å². The van der Waals surface area contributed by atoms with Crippen LogP contribution >= 0.6 is 12.2 Å². The zero-order valence-corrected chi connectivity index (χ0v) is 23.2. The van der Waals surface area contributed by atoms with Crippen LogP contribution in [0, 0.1) is 13.8 Å². The molecule has 1 aromatic carbocycles. The number of nitrogens with zero attached hydrogens (tertiary/aromatic N) is 3. The first-order chi connectivity index (χ1) is 17.7. The van der Waals surface area contributed by atoms with E-state index in [1.807, 2.05) is 30.3 Å². The highest BCUT2D eigenvalue weighted by Crippen LogP contribution is 2.46. The molecule has 10 heteroatoms. The minimum absolute atomic E-state index is 0.151. The van der Waals surface area contributed by atoms with Crippen molar-refractivity contribution >= 4 is 38.7 Å². The van der Waals surface area contributed by atoms with Crippen molar-refractivity contribution in [1.29, 1.82) is 0 Å². The number of benzene rings is 1. The van der Waals surface area contributed by atoms with Gasteiger partial charge in [0.15, 0.2) is 5.11 Å². The van der Waals surface area contributed by atoms with E-state index < -0.39 is 10.0 Å². The Hall–Kier alpha value is -3.11. The first-order valence-corrected chi connectivity index (χ1v) is 14.8. The molecule has 3 heterocycles. The topological polar surface area (TPSA) is 88.5 Å². The number of aromatic nitrogens is 2. The Bertz CT molecular complexity index is 1420. The van der Waals surface area contributed by atoms with Crippen LogP contribution in [0.3, 0.4) is 0 Å². The van der Waals surface area contributed by atoms with Gasteiger partial charge < -0.3 is 19.5 Å². The van der Waals surface area contributed by atoms with Crippen molar-refractivity contribution in [2.24, 2.45) is 0 Å². The Labute approximate surface area is 224 Å². The highest BCUT2D eigenvalue weighted by molar-refractivity contribution is 7.92. The predicted molar refractivity (Wildman–Crippen MR) is 151 cm³/mol. The van der Waals surface area contributed by atoms with Crippen LogP contribution in [-0.2, 0) is 10.0 Å². The van der Waals surface area contributed by atoms with E-state index in [2.05, 4.69) is 44.4 Å². The van der Waals surface area contributed by atoms with Gasteiger partial charge in [0.2, 0.25) is 10.0 Å². The molecule has 0 bridgehead atoms. The molecule has 1 saturated carbocycles. The van der Waals surface area contributed by atoms with E-state index in [9.17, 15) is 8.42 Å². The Balaban J connectivity index is 1.63. The molecule has 8 nitrogen and oxygen atoms in total. The minimum atomic E-state index is -3.46. The third-order valence-corrected chi connectivity index (χ3v) is 8.29. The van der Waals surface area contributed by atoms with Crippen molar-refractivity contribution in [2.75, 3.05) is 23.0 Å². The van der Waals surface area contributed by atoms with Gasteiger partial charge in [-0.1, -0.05) is 18.9 Å². The fourth-order valence-corrected chi connectivity index (χ4v) is 6.80. The molecule has 0 radical (unpaired) electrons. The molecule has 2 aromatic heterocycles. The molecular formula is C27H33N5O3S2. The second-order valence-electron chi connectivity index (χ2n) is 9.89. The van der Waals surface area contributed by atoms with Crippen LogP contribution in [0.4, 0.5) is 11.4 Å². The highest BCUT2D eigenvalue weighted by Gasteiger charge is 2.42. The first-order valence-electron chi connectivity index (χ1n) is 12.5. The van der Waals surface area contributed by atoms with Crippen LogP contribution in [0.5, 0.6) is 5.75 Å². The van der Waals surface area contributed by atoms with Crippen molar-refractivity contribution in [3.05, 3.63) is 71.3 Å². The average molecular weight is 540 g/mol. The number of thiocarbonyl (C=S) groups is 1. The summed E-state index contributed by atoms with van der Waals surface area (Å²) in [5.74, 6) is 0.419. The number of hydrogen-bond donors (Lipinski definition) is 2. The van der Waals surface area contributed by atoms with Crippen LogP contribution in [0.1, 0.15) is 66.5 Å². The average Bonchev–Trinajstić information content (AvgIpc) is 3.57. The van der Waals surface area contributed by atoms with E-state index in [-0.39, 0.29) is 12.1 Å². The third-order valence-electron chi connectivity index (χ3n) is 7.39. The van der Waals surface area contributed by atoms with E-state index in [0.717, 1.165) is 17.6 Å². The standard InChI is InChI=1S/C27H33N5O3S2/c1-17-15-21(18(2)31(17)19-9-5-6-10-19)26-25(23-11-7-8-14-28-23)29-27(36)32(26)20-12-13-22(24(16-20)35-3)30-37(4,33)34/h7-8,11-16,19,25-26,30H,5-6,9-10H2,1-4H3,(H,29,36)/t25-,26-/m0/s1. The lowest BCUT2D eigenvalue weighted by atomic mass is 9.96. The van der Waals surface area contributed by atoms with Gasteiger partial charge in [-0.25, -0.2) is 8.42 Å². The van der Waals surface area contributed by atoms with Gasteiger partial charge in [-0.05, 0) is 74.8 Å². The number of pyridine rings is 1. The summed E-state index contributed by atoms with van der Waals surface area (Å²) in [7, 11) is -1.94. The maximum absolute atomic E-state index is 11.9. The van der Waals surface area contributed by atoms with Crippen molar-refractivity contribution in [2.45, 2.75) is 57.7 Å². The number of sulfonamides is 1. The van der Waals surface area contributed by atoms with Crippen LogP contribution in [0.2, 0.25) is 0 Å². The summed E-state index contributed by atoms with van der Waals surface area (Å²) in [5.41, 5.74) is 5.79. The molecule has 2 N–H and O–H groups in total. The van der Waals surface area contributed by atoms with Gasteiger partial charge in [-0.2, -0.15) is 0 Å². The SMILES string of the molecule is COc1cc(N2C(=S)N[C@@H](c3ccccn3)[C@@H]2c2cc(C)n(C3CCCC3)c2C)ccc1NS(C)(=O)=O. The maximum atomic E-state index is 11.9. The first kappa shape index (κ1) is 25.5. The second-order valence-corrected chi connectivity index (χ2v) is 12.0. The van der Waals surface area contributed by atoms with Crippen molar-refractivity contribution < 1.29 is 13.2 Å². The lowest BCUT2D eigenvalue weighted by Gasteiger charge is -2.29. The number of methoxy groups -OCH3 is 1. The fourth-order valence-electron chi connectivity index (χ4n) is 5.89. The molecule has 3 aromatic rings. The summed E-state index contributed by atoms with van der Waals surface area (Å²) in [5, 5.41) is 4.10. The van der Waals surface area contributed by atoms with E-state index in [4.69, 9.17) is 17.0 Å². The van der Waals surface area contributed by atoms with Crippen LogP contribution in [0.15, 0.2) is 48.7 Å². The monoisotopic (exact) mass is 539 g/mol. The lowest BCUT2D eigenvalue weighted by Crippen LogP contribution is -2.29. The maximum Gasteiger partial charge on any atom is 0.229 e. The molecule has 1 saturated heterocycles. The number of ether oxygens (including phenoxy) is 1. The Morgan fingerprint density at radius 3 is 2.54 bits per heavy atom. The molecule has 2 fully saturated rings. The zero-order valence-electron chi connectivity index (χ0n) is 21.6. The Morgan fingerprint density at radius 2 is 1.89 bits per heavy atom. The smallest absolute Gasteiger partial charge is 0.229 e. The third kappa shape index (κ3) is 4.92. The van der Waals surface area contributed by atoms with Crippen molar-refractivity contribution in [1.82, 2.24) is 14.9 Å². The minimum Gasteiger partial charge on any atom is -0.494 e. The zero-order chi connectivity index (χ0) is 26.3. The molecule has 0 unspecified atom stereocenters. The molecule has 196 valence electrons. The molecule has 1 aliphatic carbocycles. The largest absolute Gasteiger partial charge is 0.494 e. The van der Waals surface area contributed by atoms with Gasteiger partial charge in [0, 0.05) is 35.4 Å². The summed E-state index contributed by atoms with van der Waals surface area (Å²) >= 11 is 5.89. The number of aryl methyl sites for hydroxylation is 1. The van der Waals surface area contributed by atoms with E-state index in [0.29, 0.717) is 22.6 Å². The Morgan fingerprint density at radius 1 is 1.14 bits per heavy atom. The number of rotatable bonds is 7. The molecule has 2 atom stereocenters. The summed E-state index contributed by atoms with van der Waals surface area (Å²) in [6.45, 7) is 4.39. The molecule has 37 heavy (non-hydrogen) atoms. The van der Waals surface area contributed by atoms with Crippen LogP contribution in [-0.4, -0.2) is 36.4 Å². The molecule has 2 aliphatic rings. The molecule has 1 aliphatic heterocycles. The van der Waals surface area contributed by atoms with Crippen LogP contribution in [0.25, 0.3) is 0 Å². The van der Waals surface area contributed by atoms with Gasteiger partial charge in [-0.15, -0.1) is 0 Å². The molecule has 5 rings (SSSR count). The van der Waals surface area contributed by atoms with Crippen molar-refractivity contribution in [3.63, 3.8) is 0 Å². The molecule has 0 amide bonds. The van der Waals surface area contributed by atoms with Gasteiger partial charge >= 0.3 is 0 Å². The normalized spacial score (nSPS) is 20.3.